The highest BCUT2D eigenvalue weighted by Gasteiger charge is 1.95. The minimum absolute atomic E-state index is 0.716. The van der Waals surface area contributed by atoms with E-state index in [-0.39, 0.29) is 0 Å². The van der Waals surface area contributed by atoms with Crippen molar-refractivity contribution in [3.05, 3.63) is 48.6 Å². The fourth-order valence-electron chi connectivity index (χ4n) is 1.71. The molecule has 0 aromatic heterocycles. The highest BCUT2D eigenvalue weighted by Crippen LogP contribution is 1.99. The Labute approximate surface area is 121 Å². The number of ether oxygens (including phenoxy) is 1. The molecule has 0 unspecified atom stereocenters. The highest BCUT2D eigenvalue weighted by molar-refractivity contribution is 5.79. The van der Waals surface area contributed by atoms with E-state index in [1.807, 2.05) is 6.07 Å². The molecule has 0 bridgehead atoms. The summed E-state index contributed by atoms with van der Waals surface area (Å²) in [6.45, 7) is 6.76. The van der Waals surface area contributed by atoms with Crippen LogP contribution in [0.4, 0.5) is 0 Å². The van der Waals surface area contributed by atoms with E-state index in [0.29, 0.717) is 6.54 Å². The molecule has 0 aliphatic carbocycles. The third kappa shape index (κ3) is 7.59. The Morgan fingerprint density at radius 3 is 2.75 bits per heavy atom. The van der Waals surface area contributed by atoms with E-state index in [1.54, 1.807) is 13.1 Å². The van der Waals surface area contributed by atoms with Crippen molar-refractivity contribution in [2.75, 3.05) is 33.4 Å². The van der Waals surface area contributed by atoms with E-state index in [4.69, 9.17) is 4.74 Å². The number of benzene rings is 1. The molecule has 1 aromatic rings. The Morgan fingerprint density at radius 1 is 1.25 bits per heavy atom. The third-order valence-corrected chi connectivity index (χ3v) is 2.77. The van der Waals surface area contributed by atoms with Crippen molar-refractivity contribution >= 4 is 5.96 Å². The molecule has 4 nitrogen and oxygen atoms in total. The van der Waals surface area contributed by atoms with Crippen molar-refractivity contribution in [3.63, 3.8) is 0 Å². The van der Waals surface area contributed by atoms with Gasteiger partial charge in [-0.1, -0.05) is 36.4 Å². The molecular weight excluding hydrogens is 250 g/mol. The fraction of sp³-hybridized carbons (Fsp3) is 0.438. The average Bonchev–Trinajstić information content (AvgIpc) is 2.50. The van der Waals surface area contributed by atoms with E-state index in [9.17, 15) is 0 Å². The quantitative estimate of drug-likeness (QED) is 0.313. The summed E-state index contributed by atoms with van der Waals surface area (Å²) in [4.78, 5) is 4.11. The van der Waals surface area contributed by atoms with E-state index in [2.05, 4.69) is 46.5 Å². The van der Waals surface area contributed by atoms with Gasteiger partial charge in [-0.15, -0.1) is 6.58 Å². The minimum atomic E-state index is 0.716. The predicted molar refractivity (Wildman–Crippen MR) is 85.1 cm³/mol. The van der Waals surface area contributed by atoms with Crippen LogP contribution in [0, 0.1) is 0 Å². The molecule has 20 heavy (non-hydrogen) atoms. The molecule has 1 aromatic carbocycles. The van der Waals surface area contributed by atoms with E-state index in [1.165, 1.54) is 5.56 Å². The van der Waals surface area contributed by atoms with Gasteiger partial charge >= 0.3 is 0 Å². The molecule has 0 saturated heterocycles. The SMILES string of the molecule is C=CCNC(=NC)NCCCOCCc1ccccc1. The van der Waals surface area contributed by atoms with E-state index >= 15 is 0 Å². The maximum absolute atomic E-state index is 5.62. The maximum atomic E-state index is 5.62. The normalized spacial score (nSPS) is 11.2. The zero-order valence-corrected chi connectivity index (χ0v) is 12.3. The standard InChI is InChI=1S/C16H25N3O/c1-3-11-18-16(17-2)19-12-7-13-20-14-10-15-8-5-4-6-9-15/h3-6,8-9H,1,7,10-14H2,2H3,(H2,17,18,19). The van der Waals surface area contributed by atoms with Gasteiger partial charge in [-0.2, -0.15) is 0 Å². The first-order valence-electron chi connectivity index (χ1n) is 7.04. The van der Waals surface area contributed by atoms with Gasteiger partial charge in [-0.05, 0) is 18.4 Å². The van der Waals surface area contributed by atoms with Crippen LogP contribution >= 0.6 is 0 Å². The average molecular weight is 275 g/mol. The first-order chi connectivity index (χ1) is 9.86. The Kier molecular flexibility index (Phi) is 8.98. The number of nitrogens with one attached hydrogen (secondary N) is 2. The Balaban J connectivity index is 1.98. The summed E-state index contributed by atoms with van der Waals surface area (Å²) in [5.74, 6) is 0.800. The Bertz CT molecular complexity index is 390. The van der Waals surface area contributed by atoms with Gasteiger partial charge in [0.2, 0.25) is 0 Å². The molecular formula is C16H25N3O. The Morgan fingerprint density at radius 2 is 2.05 bits per heavy atom. The fourth-order valence-corrected chi connectivity index (χ4v) is 1.71. The third-order valence-electron chi connectivity index (χ3n) is 2.77. The molecule has 0 amide bonds. The van der Waals surface area contributed by atoms with Gasteiger partial charge in [0.05, 0.1) is 6.61 Å². The van der Waals surface area contributed by atoms with E-state index < -0.39 is 0 Å². The van der Waals surface area contributed by atoms with Crippen molar-refractivity contribution in [1.29, 1.82) is 0 Å². The van der Waals surface area contributed by atoms with Gasteiger partial charge in [0, 0.05) is 26.7 Å². The highest BCUT2D eigenvalue weighted by atomic mass is 16.5. The minimum Gasteiger partial charge on any atom is -0.381 e. The van der Waals surface area contributed by atoms with Gasteiger partial charge in [0.25, 0.3) is 0 Å². The van der Waals surface area contributed by atoms with Crippen LogP contribution in [0.25, 0.3) is 0 Å². The lowest BCUT2D eigenvalue weighted by atomic mass is 10.2. The maximum Gasteiger partial charge on any atom is 0.191 e. The number of hydrogen-bond donors (Lipinski definition) is 2. The van der Waals surface area contributed by atoms with Crippen molar-refractivity contribution in [1.82, 2.24) is 10.6 Å². The van der Waals surface area contributed by atoms with Gasteiger partial charge in [-0.3, -0.25) is 4.99 Å². The van der Waals surface area contributed by atoms with Crippen molar-refractivity contribution in [3.8, 4) is 0 Å². The number of nitrogens with zero attached hydrogens (tertiary/aromatic N) is 1. The summed E-state index contributed by atoms with van der Waals surface area (Å²) in [5.41, 5.74) is 1.32. The van der Waals surface area contributed by atoms with Gasteiger partial charge in [0.1, 0.15) is 0 Å². The molecule has 0 aliphatic heterocycles. The van der Waals surface area contributed by atoms with Crippen LogP contribution in [-0.2, 0) is 11.2 Å². The molecule has 4 heteroatoms. The zero-order valence-electron chi connectivity index (χ0n) is 12.3. The first kappa shape index (κ1) is 16.2. The summed E-state index contributed by atoms with van der Waals surface area (Å²) in [7, 11) is 1.76. The molecule has 0 fully saturated rings. The number of rotatable bonds is 9. The number of guanidine groups is 1. The van der Waals surface area contributed by atoms with Crippen molar-refractivity contribution in [2.24, 2.45) is 4.99 Å². The molecule has 0 heterocycles. The summed E-state index contributed by atoms with van der Waals surface area (Å²) >= 11 is 0. The summed E-state index contributed by atoms with van der Waals surface area (Å²) in [6.07, 6.45) is 3.74. The lowest BCUT2D eigenvalue weighted by Gasteiger charge is -2.10. The van der Waals surface area contributed by atoms with Gasteiger partial charge in [-0.25, -0.2) is 0 Å². The molecule has 0 spiro atoms. The number of hydrogen-bond acceptors (Lipinski definition) is 2. The zero-order chi connectivity index (χ0) is 14.5. The van der Waals surface area contributed by atoms with E-state index in [0.717, 1.165) is 38.6 Å². The summed E-state index contributed by atoms with van der Waals surface area (Å²) in [5, 5.41) is 6.35. The molecule has 0 radical (unpaired) electrons. The smallest absolute Gasteiger partial charge is 0.191 e. The topological polar surface area (TPSA) is 45.7 Å². The molecule has 0 saturated carbocycles. The second-order valence-electron chi connectivity index (χ2n) is 4.37. The first-order valence-corrected chi connectivity index (χ1v) is 7.04. The Hall–Kier alpha value is -1.81. The second kappa shape index (κ2) is 11.1. The van der Waals surface area contributed by atoms with Crippen LogP contribution in [0.3, 0.4) is 0 Å². The second-order valence-corrected chi connectivity index (χ2v) is 4.37. The van der Waals surface area contributed by atoms with Gasteiger partial charge in [0.15, 0.2) is 5.96 Å². The molecule has 0 atom stereocenters. The van der Waals surface area contributed by atoms with Crippen LogP contribution in [0.1, 0.15) is 12.0 Å². The summed E-state index contributed by atoms with van der Waals surface area (Å²) in [6, 6.07) is 10.4. The number of aliphatic imine (C=N–C) groups is 1. The molecule has 110 valence electrons. The lowest BCUT2D eigenvalue weighted by molar-refractivity contribution is 0.135. The van der Waals surface area contributed by atoms with Crippen LogP contribution in [-0.4, -0.2) is 39.3 Å². The molecule has 2 N–H and O–H groups in total. The van der Waals surface area contributed by atoms with Crippen LogP contribution in [0.2, 0.25) is 0 Å². The van der Waals surface area contributed by atoms with Crippen LogP contribution in [0.5, 0.6) is 0 Å². The van der Waals surface area contributed by atoms with Crippen molar-refractivity contribution < 1.29 is 4.74 Å². The monoisotopic (exact) mass is 275 g/mol. The largest absolute Gasteiger partial charge is 0.381 e. The molecule has 1 rings (SSSR count). The van der Waals surface area contributed by atoms with Crippen molar-refractivity contribution in [2.45, 2.75) is 12.8 Å². The van der Waals surface area contributed by atoms with Crippen LogP contribution in [0.15, 0.2) is 48.0 Å². The predicted octanol–water partition coefficient (Wildman–Crippen LogP) is 1.99. The lowest BCUT2D eigenvalue weighted by Crippen LogP contribution is -2.38. The summed E-state index contributed by atoms with van der Waals surface area (Å²) < 4.78 is 5.62. The van der Waals surface area contributed by atoms with Crippen LogP contribution < -0.4 is 10.6 Å². The van der Waals surface area contributed by atoms with Gasteiger partial charge < -0.3 is 15.4 Å². The molecule has 0 aliphatic rings.